The zero-order valence-electron chi connectivity index (χ0n) is 21.9. The Hall–Kier alpha value is -3.14. The van der Waals surface area contributed by atoms with Gasteiger partial charge in [-0.1, -0.05) is 81.1 Å². The van der Waals surface area contributed by atoms with Crippen LogP contribution in [0.25, 0.3) is 27.8 Å². The molecule has 1 atom stereocenters. The summed E-state index contributed by atoms with van der Waals surface area (Å²) in [6.45, 7) is 16.7. The lowest BCUT2D eigenvalue weighted by molar-refractivity contribution is 0.426. The van der Waals surface area contributed by atoms with Gasteiger partial charge in [-0.3, -0.25) is 0 Å². The smallest absolute Gasteiger partial charge is 0.423 e. The van der Waals surface area contributed by atoms with Crippen molar-refractivity contribution in [1.82, 2.24) is 0 Å². The Morgan fingerprint density at radius 1 is 1.00 bits per heavy atom. The summed E-state index contributed by atoms with van der Waals surface area (Å²) >= 11 is 0. The van der Waals surface area contributed by atoms with Crippen LogP contribution in [-0.2, 0) is 0 Å². The summed E-state index contributed by atoms with van der Waals surface area (Å²) in [5.74, 6) is 0.299. The van der Waals surface area contributed by atoms with Gasteiger partial charge < -0.3 is 10.0 Å². The van der Waals surface area contributed by atoms with Crippen molar-refractivity contribution in [3.05, 3.63) is 107 Å². The Labute approximate surface area is 211 Å². The summed E-state index contributed by atoms with van der Waals surface area (Å²) in [7, 11) is -1.53. The fourth-order valence-corrected chi connectivity index (χ4v) is 4.62. The van der Waals surface area contributed by atoms with E-state index in [1.165, 1.54) is 16.7 Å². The summed E-state index contributed by atoms with van der Waals surface area (Å²) in [5.41, 5.74) is 11.7. The quantitative estimate of drug-likeness (QED) is 0.270. The first-order valence-corrected chi connectivity index (χ1v) is 12.4. The normalized spacial score (nSPS) is 13.0. The molecule has 0 saturated heterocycles. The fraction of sp³-hybridized carbons (Fsp3) is 0.250. The van der Waals surface area contributed by atoms with Crippen molar-refractivity contribution < 1.29 is 10.0 Å². The van der Waals surface area contributed by atoms with E-state index < -0.39 is 7.12 Å². The molecule has 0 spiro atoms. The lowest BCUT2D eigenvalue weighted by Gasteiger charge is -2.21. The van der Waals surface area contributed by atoms with Crippen LogP contribution in [0.5, 0.6) is 0 Å². The maximum Gasteiger partial charge on any atom is 0.489 e. The second-order valence-electron chi connectivity index (χ2n) is 9.35. The lowest BCUT2D eigenvalue weighted by Crippen LogP contribution is -2.32. The third-order valence-corrected chi connectivity index (χ3v) is 6.98. The van der Waals surface area contributed by atoms with Gasteiger partial charge in [-0.2, -0.15) is 0 Å². The molecular formula is C32H37BO2. The summed E-state index contributed by atoms with van der Waals surface area (Å²) < 4.78 is 0. The van der Waals surface area contributed by atoms with Crippen molar-refractivity contribution >= 4 is 18.2 Å². The Morgan fingerprint density at radius 2 is 1.66 bits per heavy atom. The van der Waals surface area contributed by atoms with Gasteiger partial charge in [-0.05, 0) is 113 Å². The molecule has 0 aromatic heterocycles. The highest BCUT2D eigenvalue weighted by atomic mass is 16.4. The molecule has 0 aliphatic rings. The van der Waals surface area contributed by atoms with Crippen molar-refractivity contribution in [2.24, 2.45) is 0 Å². The van der Waals surface area contributed by atoms with E-state index in [-0.39, 0.29) is 0 Å². The summed E-state index contributed by atoms with van der Waals surface area (Å²) in [6, 6.07) is 18.9. The minimum absolute atomic E-state index is 0.299. The van der Waals surface area contributed by atoms with Gasteiger partial charge in [0.2, 0.25) is 0 Å². The molecule has 0 heterocycles. The van der Waals surface area contributed by atoms with E-state index >= 15 is 0 Å². The van der Waals surface area contributed by atoms with E-state index in [9.17, 15) is 10.0 Å². The van der Waals surface area contributed by atoms with Gasteiger partial charge in [-0.15, -0.1) is 0 Å². The minimum Gasteiger partial charge on any atom is -0.423 e. The molecular weight excluding hydrogens is 427 g/mol. The van der Waals surface area contributed by atoms with Gasteiger partial charge in [0.25, 0.3) is 0 Å². The molecule has 3 aromatic carbocycles. The van der Waals surface area contributed by atoms with Gasteiger partial charge >= 0.3 is 7.12 Å². The number of benzene rings is 3. The van der Waals surface area contributed by atoms with Crippen LogP contribution in [0.2, 0.25) is 0 Å². The van der Waals surface area contributed by atoms with E-state index in [2.05, 4.69) is 95.8 Å². The first-order chi connectivity index (χ1) is 16.7. The number of rotatable bonds is 8. The Morgan fingerprint density at radius 3 is 2.26 bits per heavy atom. The molecule has 0 bridgehead atoms. The molecule has 0 aliphatic carbocycles. The zero-order chi connectivity index (χ0) is 25.7. The van der Waals surface area contributed by atoms with Crippen molar-refractivity contribution in [1.29, 1.82) is 0 Å². The molecule has 0 aliphatic heterocycles. The van der Waals surface area contributed by atoms with E-state index in [0.29, 0.717) is 11.4 Å². The molecule has 35 heavy (non-hydrogen) atoms. The average Bonchev–Trinajstić information content (AvgIpc) is 2.86. The van der Waals surface area contributed by atoms with E-state index in [1.807, 2.05) is 25.1 Å². The van der Waals surface area contributed by atoms with Crippen molar-refractivity contribution in [3.63, 3.8) is 0 Å². The first kappa shape index (κ1) is 26.5. The number of allylic oxidation sites excluding steroid dienone is 5. The molecule has 180 valence electrons. The first-order valence-electron chi connectivity index (χ1n) is 12.4. The van der Waals surface area contributed by atoms with Crippen LogP contribution >= 0.6 is 0 Å². The standard InChI is InChI=1S/C32H37BO2/c1-8-12-27(21(4)9-2)29-19-25(17-15-23(29)6)26-18-16-24(7)30(20-26)32-28(22(5)10-3)13-11-14-31(32)33(34)35/h8-9,11-20,22,34-35H,2,10H2,1,3-7H3/b12-8-,27-21+. The highest BCUT2D eigenvalue weighted by Gasteiger charge is 2.23. The molecule has 2 N–H and O–H groups in total. The van der Waals surface area contributed by atoms with Crippen molar-refractivity contribution in [2.75, 3.05) is 0 Å². The van der Waals surface area contributed by atoms with Crippen LogP contribution in [0.15, 0.2) is 85.0 Å². The second kappa shape index (κ2) is 11.5. The molecule has 0 fully saturated rings. The molecule has 1 unspecified atom stereocenters. The summed E-state index contributed by atoms with van der Waals surface area (Å²) in [6.07, 6.45) is 7.08. The Balaban J connectivity index is 2.27. The number of hydrogen-bond acceptors (Lipinski definition) is 2. The van der Waals surface area contributed by atoms with Crippen molar-refractivity contribution in [2.45, 2.75) is 53.9 Å². The lowest BCUT2D eigenvalue weighted by atomic mass is 9.71. The van der Waals surface area contributed by atoms with Crippen LogP contribution in [0.4, 0.5) is 0 Å². The van der Waals surface area contributed by atoms with Gasteiger partial charge in [0.1, 0.15) is 0 Å². The topological polar surface area (TPSA) is 40.5 Å². The van der Waals surface area contributed by atoms with Crippen LogP contribution < -0.4 is 5.46 Å². The minimum atomic E-state index is -1.53. The number of aryl methyl sites for hydroxylation is 2. The largest absolute Gasteiger partial charge is 0.489 e. The molecule has 0 amide bonds. The summed E-state index contributed by atoms with van der Waals surface area (Å²) in [5, 5.41) is 20.4. The van der Waals surface area contributed by atoms with E-state index in [0.717, 1.165) is 45.4 Å². The average molecular weight is 464 g/mol. The molecule has 3 rings (SSSR count). The van der Waals surface area contributed by atoms with E-state index in [4.69, 9.17) is 0 Å². The molecule has 0 radical (unpaired) electrons. The van der Waals surface area contributed by atoms with Crippen molar-refractivity contribution in [3.8, 4) is 22.3 Å². The summed E-state index contributed by atoms with van der Waals surface area (Å²) in [4.78, 5) is 0. The van der Waals surface area contributed by atoms with Crippen LogP contribution in [0.1, 0.15) is 62.3 Å². The van der Waals surface area contributed by atoms with Gasteiger partial charge in [0, 0.05) is 0 Å². The number of hydrogen-bond donors (Lipinski definition) is 2. The maximum absolute atomic E-state index is 10.2. The third-order valence-electron chi connectivity index (χ3n) is 6.98. The third kappa shape index (κ3) is 5.58. The zero-order valence-corrected chi connectivity index (χ0v) is 21.9. The van der Waals surface area contributed by atoms with Gasteiger partial charge in [0.05, 0.1) is 0 Å². The SMILES string of the molecule is C=C/C(C)=C(\C=C/C)c1cc(-c2ccc(C)c(-c3c(B(O)O)cccc3C(C)CC)c2)ccc1C. The van der Waals surface area contributed by atoms with E-state index in [1.54, 1.807) is 0 Å². The predicted molar refractivity (Wildman–Crippen MR) is 153 cm³/mol. The Bertz CT molecular complexity index is 1280. The molecule has 3 aromatic rings. The molecule has 0 saturated carbocycles. The second-order valence-corrected chi connectivity index (χ2v) is 9.35. The van der Waals surface area contributed by atoms with Gasteiger partial charge in [0.15, 0.2) is 0 Å². The molecule has 2 nitrogen and oxygen atoms in total. The monoisotopic (exact) mass is 464 g/mol. The van der Waals surface area contributed by atoms with Crippen LogP contribution in [0.3, 0.4) is 0 Å². The fourth-order valence-electron chi connectivity index (χ4n) is 4.62. The Kier molecular flexibility index (Phi) is 8.72. The van der Waals surface area contributed by atoms with Gasteiger partial charge in [-0.25, -0.2) is 0 Å². The molecule has 3 heteroatoms. The highest BCUT2D eigenvalue weighted by Crippen LogP contribution is 2.36. The van der Waals surface area contributed by atoms with Crippen LogP contribution in [-0.4, -0.2) is 17.2 Å². The maximum atomic E-state index is 10.2. The highest BCUT2D eigenvalue weighted by molar-refractivity contribution is 6.60. The van der Waals surface area contributed by atoms with Crippen LogP contribution in [0, 0.1) is 13.8 Å². The predicted octanol–water partition coefficient (Wildman–Crippen LogP) is 7.37.